The average molecular weight is 368 g/mol. The Kier molecular flexibility index (Phi) is 5.49. The molecule has 1 heterocycles. The number of carbonyl (C=O) groups is 3. The van der Waals surface area contributed by atoms with Crippen molar-refractivity contribution in [1.82, 2.24) is 4.90 Å². The molecule has 0 spiro atoms. The summed E-state index contributed by atoms with van der Waals surface area (Å²) in [5, 5.41) is 2.99. The highest BCUT2D eigenvalue weighted by Crippen LogP contribution is 2.35. The second kappa shape index (κ2) is 7.67. The number of anilines is 1. The summed E-state index contributed by atoms with van der Waals surface area (Å²) < 4.78 is 0. The van der Waals surface area contributed by atoms with Crippen LogP contribution in [0.3, 0.4) is 0 Å². The number of hydrogen-bond donors (Lipinski definition) is 1. The van der Waals surface area contributed by atoms with Gasteiger partial charge in [-0.1, -0.05) is 58.0 Å². The Hall–Kier alpha value is -2.43. The summed E-state index contributed by atoms with van der Waals surface area (Å²) >= 11 is 0. The van der Waals surface area contributed by atoms with Crippen molar-refractivity contribution in [2.45, 2.75) is 52.4 Å². The molecule has 5 heteroatoms. The molecule has 3 amide bonds. The Morgan fingerprint density at radius 3 is 1.93 bits per heavy atom. The summed E-state index contributed by atoms with van der Waals surface area (Å²) in [6, 6.07) is 6.03. The van der Waals surface area contributed by atoms with E-state index in [9.17, 15) is 14.4 Å². The zero-order valence-electron chi connectivity index (χ0n) is 16.5. The predicted molar refractivity (Wildman–Crippen MR) is 105 cm³/mol. The molecule has 0 saturated carbocycles. The van der Waals surface area contributed by atoms with Gasteiger partial charge in [-0.05, 0) is 35.8 Å². The van der Waals surface area contributed by atoms with Gasteiger partial charge in [0, 0.05) is 5.69 Å². The minimum Gasteiger partial charge on any atom is -0.324 e. The van der Waals surface area contributed by atoms with E-state index in [0.717, 1.165) is 21.7 Å². The first-order chi connectivity index (χ1) is 12.8. The van der Waals surface area contributed by atoms with Crippen LogP contribution in [0.25, 0.3) is 0 Å². The third kappa shape index (κ3) is 3.68. The Morgan fingerprint density at radius 1 is 1.00 bits per heavy atom. The number of carbonyl (C=O) groups excluding carboxylic acids is 3. The summed E-state index contributed by atoms with van der Waals surface area (Å²) in [6.07, 6.45) is 5.06. The van der Waals surface area contributed by atoms with Crippen LogP contribution in [0.1, 0.15) is 63.5 Å². The third-order valence-corrected chi connectivity index (χ3v) is 5.54. The molecule has 1 aliphatic carbocycles. The van der Waals surface area contributed by atoms with Gasteiger partial charge in [0.05, 0.1) is 11.8 Å². The van der Waals surface area contributed by atoms with Gasteiger partial charge in [0.2, 0.25) is 17.7 Å². The lowest BCUT2D eigenvalue weighted by molar-refractivity contribution is -0.142. The van der Waals surface area contributed by atoms with Crippen molar-refractivity contribution in [3.63, 3.8) is 0 Å². The standard InChI is InChI=1S/C22H28N2O3/c1-13(2)15-10-7-11-16(14(3)4)20(15)23-19(25)12-24-21(26)17-8-5-6-9-18(17)22(24)27/h5-7,10-11,13-14,17-18H,8-9,12H2,1-4H3,(H,23,25)/t17-,18-/m1/s1. The fraction of sp³-hybridized carbons (Fsp3) is 0.500. The van der Waals surface area contributed by atoms with E-state index in [0.29, 0.717) is 12.8 Å². The number of amides is 3. The summed E-state index contributed by atoms with van der Waals surface area (Å²) in [5.41, 5.74) is 2.93. The average Bonchev–Trinajstić information content (AvgIpc) is 2.86. The second-order valence-electron chi connectivity index (χ2n) is 8.09. The number of rotatable bonds is 5. The van der Waals surface area contributed by atoms with E-state index in [1.807, 2.05) is 30.4 Å². The molecule has 0 unspecified atom stereocenters. The van der Waals surface area contributed by atoms with Crippen LogP contribution in [0.2, 0.25) is 0 Å². The van der Waals surface area contributed by atoms with Crippen molar-refractivity contribution < 1.29 is 14.4 Å². The Labute approximate surface area is 160 Å². The molecule has 1 aromatic rings. The van der Waals surface area contributed by atoms with Crippen molar-refractivity contribution in [3.8, 4) is 0 Å². The van der Waals surface area contributed by atoms with Crippen LogP contribution < -0.4 is 5.32 Å². The van der Waals surface area contributed by atoms with Crippen LogP contribution in [-0.2, 0) is 14.4 Å². The maximum absolute atomic E-state index is 12.7. The molecule has 1 aliphatic heterocycles. The molecule has 144 valence electrons. The minimum atomic E-state index is -0.321. The van der Waals surface area contributed by atoms with Crippen molar-refractivity contribution in [3.05, 3.63) is 41.5 Å². The van der Waals surface area contributed by atoms with E-state index in [1.165, 1.54) is 0 Å². The Balaban J connectivity index is 1.79. The van der Waals surface area contributed by atoms with Crippen molar-refractivity contribution in [1.29, 1.82) is 0 Å². The number of allylic oxidation sites excluding steroid dienone is 2. The maximum Gasteiger partial charge on any atom is 0.244 e. The molecule has 0 radical (unpaired) electrons. The molecule has 0 bridgehead atoms. The van der Waals surface area contributed by atoms with Gasteiger partial charge in [-0.25, -0.2) is 0 Å². The van der Waals surface area contributed by atoms with Crippen LogP contribution in [-0.4, -0.2) is 29.2 Å². The minimum absolute atomic E-state index is 0.214. The van der Waals surface area contributed by atoms with Gasteiger partial charge in [-0.3, -0.25) is 19.3 Å². The second-order valence-corrected chi connectivity index (χ2v) is 8.09. The first kappa shape index (κ1) is 19.3. The third-order valence-electron chi connectivity index (χ3n) is 5.54. The summed E-state index contributed by atoms with van der Waals surface area (Å²) in [6.45, 7) is 8.12. The molecule has 3 rings (SSSR count). The number of nitrogens with one attached hydrogen (secondary N) is 1. The number of fused-ring (bicyclic) bond motifs is 1. The predicted octanol–water partition coefficient (Wildman–Crippen LogP) is 3.82. The highest BCUT2D eigenvalue weighted by molar-refractivity contribution is 6.09. The van der Waals surface area contributed by atoms with E-state index >= 15 is 0 Å². The van der Waals surface area contributed by atoms with Gasteiger partial charge >= 0.3 is 0 Å². The molecule has 1 fully saturated rings. The fourth-order valence-corrected chi connectivity index (χ4v) is 4.04. The Morgan fingerprint density at radius 2 is 1.48 bits per heavy atom. The lowest BCUT2D eigenvalue weighted by Gasteiger charge is -2.21. The van der Waals surface area contributed by atoms with Gasteiger partial charge in [0.1, 0.15) is 6.54 Å². The summed E-state index contributed by atoms with van der Waals surface area (Å²) in [7, 11) is 0. The number of nitrogens with zero attached hydrogens (tertiary/aromatic N) is 1. The van der Waals surface area contributed by atoms with Crippen LogP contribution >= 0.6 is 0 Å². The molecule has 1 N–H and O–H groups in total. The monoisotopic (exact) mass is 368 g/mol. The molecule has 1 aromatic carbocycles. The van der Waals surface area contributed by atoms with Gasteiger partial charge in [-0.2, -0.15) is 0 Å². The van der Waals surface area contributed by atoms with E-state index in [2.05, 4.69) is 33.0 Å². The lowest BCUT2D eigenvalue weighted by Crippen LogP contribution is -2.38. The Bertz CT molecular complexity index is 742. The molecule has 2 atom stereocenters. The smallest absolute Gasteiger partial charge is 0.244 e. The summed E-state index contributed by atoms with van der Waals surface area (Å²) in [5.74, 6) is -0.852. The van der Waals surface area contributed by atoms with E-state index in [4.69, 9.17) is 0 Å². The number of benzene rings is 1. The van der Waals surface area contributed by atoms with E-state index in [1.54, 1.807) is 0 Å². The normalized spacial score (nSPS) is 21.9. The van der Waals surface area contributed by atoms with Crippen molar-refractivity contribution in [2.75, 3.05) is 11.9 Å². The summed E-state index contributed by atoms with van der Waals surface area (Å²) in [4.78, 5) is 39.0. The first-order valence-electron chi connectivity index (χ1n) is 9.74. The zero-order valence-corrected chi connectivity index (χ0v) is 16.5. The van der Waals surface area contributed by atoms with Gasteiger partial charge in [0.15, 0.2) is 0 Å². The lowest BCUT2D eigenvalue weighted by atomic mass is 9.85. The first-order valence-corrected chi connectivity index (χ1v) is 9.74. The quantitative estimate of drug-likeness (QED) is 0.635. The van der Waals surface area contributed by atoms with E-state index < -0.39 is 0 Å². The number of imide groups is 1. The molecular weight excluding hydrogens is 340 g/mol. The number of para-hydroxylation sites is 1. The van der Waals surface area contributed by atoms with Crippen LogP contribution in [0.4, 0.5) is 5.69 Å². The molecule has 1 saturated heterocycles. The molecular formula is C22H28N2O3. The van der Waals surface area contributed by atoms with E-state index in [-0.39, 0.29) is 47.9 Å². The highest BCUT2D eigenvalue weighted by atomic mass is 16.2. The zero-order chi connectivity index (χ0) is 19.7. The largest absolute Gasteiger partial charge is 0.324 e. The molecule has 2 aliphatic rings. The molecule has 5 nitrogen and oxygen atoms in total. The van der Waals surface area contributed by atoms with Crippen LogP contribution in [0.15, 0.2) is 30.4 Å². The van der Waals surface area contributed by atoms with Crippen LogP contribution in [0, 0.1) is 11.8 Å². The number of hydrogen-bond acceptors (Lipinski definition) is 3. The SMILES string of the molecule is CC(C)c1cccc(C(C)C)c1NC(=O)CN1C(=O)[C@@H]2CC=CC[C@H]2C1=O. The maximum atomic E-state index is 12.7. The van der Waals surface area contributed by atoms with Gasteiger partial charge in [-0.15, -0.1) is 0 Å². The van der Waals surface area contributed by atoms with Gasteiger partial charge in [0.25, 0.3) is 0 Å². The van der Waals surface area contributed by atoms with Crippen molar-refractivity contribution in [2.24, 2.45) is 11.8 Å². The molecule has 27 heavy (non-hydrogen) atoms. The highest BCUT2D eigenvalue weighted by Gasteiger charge is 2.47. The van der Waals surface area contributed by atoms with Crippen molar-refractivity contribution >= 4 is 23.4 Å². The number of likely N-dealkylation sites (tertiary alicyclic amines) is 1. The topological polar surface area (TPSA) is 66.5 Å². The fourth-order valence-electron chi connectivity index (χ4n) is 4.04. The van der Waals surface area contributed by atoms with Crippen LogP contribution in [0.5, 0.6) is 0 Å². The van der Waals surface area contributed by atoms with Gasteiger partial charge < -0.3 is 5.32 Å². The molecule has 0 aromatic heterocycles.